The molecular formula is C12H11Cl3N2O3S. The average Bonchev–Trinajstić information content (AvgIpc) is 2.88. The molecule has 0 aliphatic heterocycles. The van der Waals surface area contributed by atoms with Crippen LogP contribution in [0.2, 0.25) is 10.0 Å². The van der Waals surface area contributed by atoms with Crippen molar-refractivity contribution in [2.75, 3.05) is 6.61 Å². The van der Waals surface area contributed by atoms with E-state index in [9.17, 15) is 8.42 Å². The maximum absolute atomic E-state index is 11.2. The van der Waals surface area contributed by atoms with Crippen LogP contribution in [0, 0.1) is 0 Å². The van der Waals surface area contributed by atoms with E-state index >= 15 is 0 Å². The topological polar surface area (TPSA) is 61.2 Å². The van der Waals surface area contributed by atoms with Gasteiger partial charge in [-0.2, -0.15) is 0 Å². The number of ether oxygens (including phenoxy) is 1. The molecule has 1 aromatic heterocycles. The van der Waals surface area contributed by atoms with Crippen LogP contribution in [0.25, 0.3) is 0 Å². The largest absolute Gasteiger partial charge is 0.490 e. The second-order valence-corrected chi connectivity index (χ2v) is 7.54. The summed E-state index contributed by atoms with van der Waals surface area (Å²) in [6.45, 7) is 1.12. The Bertz CT molecular complexity index is 694. The number of imidazole rings is 1. The molecule has 1 aromatic carbocycles. The number of aryl methyl sites for hydroxylation is 1. The zero-order valence-corrected chi connectivity index (χ0v) is 13.8. The normalized spacial score (nSPS) is 11.6. The number of halogens is 3. The van der Waals surface area contributed by atoms with E-state index in [2.05, 4.69) is 4.98 Å². The lowest BCUT2D eigenvalue weighted by molar-refractivity contribution is 0.302. The van der Waals surface area contributed by atoms with Crippen LogP contribution in [0.1, 0.15) is 6.42 Å². The fourth-order valence-electron chi connectivity index (χ4n) is 1.66. The van der Waals surface area contributed by atoms with E-state index in [0.717, 1.165) is 13.0 Å². The molecule has 0 saturated carbocycles. The summed E-state index contributed by atoms with van der Waals surface area (Å²) in [5.41, 5.74) is 0. The van der Waals surface area contributed by atoms with Gasteiger partial charge in [0.1, 0.15) is 0 Å². The molecule has 0 unspecified atom stereocenters. The second kappa shape index (κ2) is 6.87. The number of nitrogens with zero attached hydrogens (tertiary/aromatic N) is 2. The van der Waals surface area contributed by atoms with Gasteiger partial charge in [0.15, 0.2) is 5.75 Å². The lowest BCUT2D eigenvalue weighted by atomic mass is 10.3. The molecule has 0 N–H and O–H groups in total. The van der Waals surface area contributed by atoms with Gasteiger partial charge < -0.3 is 9.30 Å². The number of hydrogen-bond acceptors (Lipinski definition) is 4. The Morgan fingerprint density at radius 2 is 1.90 bits per heavy atom. The molecule has 21 heavy (non-hydrogen) atoms. The third-order valence-electron chi connectivity index (χ3n) is 2.62. The monoisotopic (exact) mass is 368 g/mol. The number of aromatic nitrogens is 2. The van der Waals surface area contributed by atoms with Gasteiger partial charge in [0, 0.05) is 29.6 Å². The van der Waals surface area contributed by atoms with Gasteiger partial charge in [-0.15, -0.1) is 0 Å². The molecule has 0 amide bonds. The Kier molecular flexibility index (Phi) is 5.37. The lowest BCUT2D eigenvalue weighted by Crippen LogP contribution is -2.04. The molecule has 114 valence electrons. The Balaban J connectivity index is 2.00. The zero-order valence-electron chi connectivity index (χ0n) is 10.7. The van der Waals surface area contributed by atoms with Crippen molar-refractivity contribution >= 4 is 42.9 Å². The van der Waals surface area contributed by atoms with Crippen molar-refractivity contribution < 1.29 is 13.2 Å². The van der Waals surface area contributed by atoms with Gasteiger partial charge in [0.25, 0.3) is 9.05 Å². The molecule has 0 radical (unpaired) electrons. The van der Waals surface area contributed by atoms with E-state index in [0.29, 0.717) is 6.61 Å². The summed E-state index contributed by atoms with van der Waals surface area (Å²) in [7, 11) is 1.36. The molecule has 2 rings (SSSR count). The van der Waals surface area contributed by atoms with Crippen LogP contribution in [0.15, 0.2) is 35.7 Å². The van der Waals surface area contributed by atoms with Crippen LogP contribution in [0.5, 0.6) is 5.75 Å². The Morgan fingerprint density at radius 1 is 1.24 bits per heavy atom. The third-order valence-corrected chi connectivity index (χ3v) is 4.51. The molecule has 0 saturated heterocycles. The Hall–Kier alpha value is -0.950. The smallest absolute Gasteiger partial charge is 0.261 e. The predicted molar refractivity (Wildman–Crippen MR) is 81.8 cm³/mol. The highest BCUT2D eigenvalue weighted by atomic mass is 35.7. The first-order chi connectivity index (χ1) is 9.88. The first-order valence-electron chi connectivity index (χ1n) is 5.90. The minimum atomic E-state index is -3.88. The van der Waals surface area contributed by atoms with Crippen molar-refractivity contribution in [1.29, 1.82) is 0 Å². The van der Waals surface area contributed by atoms with E-state index in [1.165, 1.54) is 12.1 Å². The first-order valence-corrected chi connectivity index (χ1v) is 8.96. The van der Waals surface area contributed by atoms with Gasteiger partial charge in [0.2, 0.25) is 0 Å². The number of benzene rings is 1. The maximum atomic E-state index is 11.2. The van der Waals surface area contributed by atoms with Crippen LogP contribution in [0.3, 0.4) is 0 Å². The molecule has 0 atom stereocenters. The summed E-state index contributed by atoms with van der Waals surface area (Å²) >= 11 is 11.9. The molecular weight excluding hydrogens is 359 g/mol. The third kappa shape index (κ3) is 4.51. The van der Waals surface area contributed by atoms with Crippen molar-refractivity contribution in [3.63, 3.8) is 0 Å². The summed E-state index contributed by atoms with van der Waals surface area (Å²) in [5.74, 6) is 0.244. The fourth-order valence-corrected chi connectivity index (χ4v) is 3.17. The molecule has 9 heteroatoms. The van der Waals surface area contributed by atoms with Crippen molar-refractivity contribution in [3.05, 3.63) is 40.9 Å². The van der Waals surface area contributed by atoms with Crippen molar-refractivity contribution in [2.24, 2.45) is 0 Å². The van der Waals surface area contributed by atoms with Crippen LogP contribution in [0.4, 0.5) is 0 Å². The average molecular weight is 370 g/mol. The van der Waals surface area contributed by atoms with Gasteiger partial charge in [-0.25, -0.2) is 13.4 Å². The predicted octanol–water partition coefficient (Wildman–Crippen LogP) is 3.59. The van der Waals surface area contributed by atoms with Gasteiger partial charge in [-0.05, 0) is 18.6 Å². The molecule has 0 spiro atoms. The lowest BCUT2D eigenvalue weighted by Gasteiger charge is -2.11. The summed E-state index contributed by atoms with van der Waals surface area (Å²) < 4.78 is 29.9. The van der Waals surface area contributed by atoms with Gasteiger partial charge in [-0.3, -0.25) is 0 Å². The fraction of sp³-hybridized carbons (Fsp3) is 0.250. The molecule has 0 fully saturated rings. The summed E-state index contributed by atoms with van der Waals surface area (Å²) in [5, 5.41) is 0.203. The first kappa shape index (κ1) is 16.4. The van der Waals surface area contributed by atoms with Crippen molar-refractivity contribution in [1.82, 2.24) is 9.55 Å². The Morgan fingerprint density at radius 3 is 2.43 bits per heavy atom. The van der Waals surface area contributed by atoms with Gasteiger partial charge in [0.05, 0.1) is 27.9 Å². The highest BCUT2D eigenvalue weighted by Crippen LogP contribution is 2.36. The van der Waals surface area contributed by atoms with E-state index in [1.807, 2.05) is 10.8 Å². The standard InChI is InChI=1S/C12H11Cl3N2O3S/c13-10-6-9(21(15,18)19)7-11(14)12(10)20-5-1-3-17-4-2-16-8-17/h2,4,6-8H,1,3,5H2. The molecule has 2 aromatic rings. The highest BCUT2D eigenvalue weighted by molar-refractivity contribution is 8.13. The zero-order chi connectivity index (χ0) is 15.5. The van der Waals surface area contributed by atoms with Gasteiger partial charge >= 0.3 is 0 Å². The molecule has 0 bridgehead atoms. The Labute approximate surface area is 136 Å². The van der Waals surface area contributed by atoms with E-state index in [4.69, 9.17) is 38.6 Å². The highest BCUT2D eigenvalue weighted by Gasteiger charge is 2.16. The van der Waals surface area contributed by atoms with Crippen molar-refractivity contribution in [2.45, 2.75) is 17.9 Å². The van der Waals surface area contributed by atoms with Crippen molar-refractivity contribution in [3.8, 4) is 5.75 Å². The molecule has 1 heterocycles. The van der Waals surface area contributed by atoms with Crippen LogP contribution >= 0.6 is 33.9 Å². The van der Waals surface area contributed by atoms with E-state index < -0.39 is 9.05 Å². The van der Waals surface area contributed by atoms with Crippen LogP contribution in [-0.4, -0.2) is 24.6 Å². The quantitative estimate of drug-likeness (QED) is 0.577. The maximum Gasteiger partial charge on any atom is 0.261 e. The minimum absolute atomic E-state index is 0.101. The van der Waals surface area contributed by atoms with E-state index in [-0.39, 0.29) is 20.7 Å². The minimum Gasteiger partial charge on any atom is -0.490 e. The molecule has 5 nitrogen and oxygen atoms in total. The second-order valence-electron chi connectivity index (χ2n) is 4.16. The van der Waals surface area contributed by atoms with Crippen LogP contribution < -0.4 is 4.74 Å². The number of rotatable bonds is 6. The molecule has 0 aliphatic carbocycles. The van der Waals surface area contributed by atoms with Crippen LogP contribution in [-0.2, 0) is 15.6 Å². The number of hydrogen-bond donors (Lipinski definition) is 0. The van der Waals surface area contributed by atoms with E-state index in [1.54, 1.807) is 12.5 Å². The molecule has 0 aliphatic rings. The summed E-state index contributed by atoms with van der Waals surface area (Å²) in [6.07, 6.45) is 5.97. The summed E-state index contributed by atoms with van der Waals surface area (Å²) in [4.78, 5) is 3.77. The summed E-state index contributed by atoms with van der Waals surface area (Å²) in [6, 6.07) is 2.42. The SMILES string of the molecule is O=S(=O)(Cl)c1cc(Cl)c(OCCCn2ccnc2)c(Cl)c1. The van der Waals surface area contributed by atoms with Gasteiger partial charge in [-0.1, -0.05) is 23.2 Å².